The third-order valence-corrected chi connectivity index (χ3v) is 10.9. The minimum absolute atomic E-state index is 0.234. The van der Waals surface area contributed by atoms with Crippen LogP contribution < -0.4 is 0 Å². The largest absolute Gasteiger partial charge is 0.392 e. The van der Waals surface area contributed by atoms with E-state index in [1.807, 2.05) is 5.57 Å². The van der Waals surface area contributed by atoms with Crippen molar-refractivity contribution >= 4 is 0 Å². The van der Waals surface area contributed by atoms with Gasteiger partial charge in [0.05, 0.1) is 6.61 Å². The van der Waals surface area contributed by atoms with Crippen molar-refractivity contribution in [1.29, 1.82) is 0 Å². The monoisotopic (exact) mass is 412 g/mol. The maximum absolute atomic E-state index is 9.56. The summed E-state index contributed by atoms with van der Waals surface area (Å²) in [5.41, 5.74) is 5.67. The van der Waals surface area contributed by atoms with Gasteiger partial charge in [-0.15, -0.1) is 0 Å². The maximum atomic E-state index is 9.56. The van der Waals surface area contributed by atoms with Gasteiger partial charge in [0.2, 0.25) is 0 Å². The number of fused-ring (bicyclic) bond motifs is 5. The summed E-state index contributed by atoms with van der Waals surface area (Å²) in [6.07, 6.45) is 19.3. The number of allylic oxidation sites excluding steroid dienone is 3. The van der Waals surface area contributed by atoms with E-state index in [4.69, 9.17) is 0 Å². The summed E-state index contributed by atoms with van der Waals surface area (Å²) in [5, 5.41) is 9.56. The summed E-state index contributed by atoms with van der Waals surface area (Å²) in [4.78, 5) is 0. The first-order chi connectivity index (χ1) is 14.3. The molecular weight excluding hydrogens is 364 g/mol. The zero-order valence-corrected chi connectivity index (χ0v) is 20.6. The minimum atomic E-state index is 0.234. The Labute approximate surface area is 186 Å². The minimum Gasteiger partial charge on any atom is -0.392 e. The Morgan fingerprint density at radius 1 is 1.13 bits per heavy atom. The average molecular weight is 413 g/mol. The van der Waals surface area contributed by atoms with Gasteiger partial charge in [0.15, 0.2) is 0 Å². The highest BCUT2D eigenvalue weighted by Gasteiger charge is 2.58. The smallest absolute Gasteiger partial charge is 0.0641 e. The van der Waals surface area contributed by atoms with Crippen LogP contribution >= 0.6 is 0 Å². The van der Waals surface area contributed by atoms with Crippen molar-refractivity contribution in [2.75, 3.05) is 6.61 Å². The molecule has 0 spiro atoms. The molecule has 0 aromatic carbocycles. The van der Waals surface area contributed by atoms with Gasteiger partial charge < -0.3 is 5.11 Å². The van der Waals surface area contributed by atoms with Gasteiger partial charge in [0.1, 0.15) is 0 Å². The predicted octanol–water partition coefficient (Wildman–Crippen LogP) is 8.09. The molecule has 0 unspecified atom stereocenters. The Bertz CT molecular complexity index is 686. The highest BCUT2D eigenvalue weighted by atomic mass is 16.3. The first kappa shape index (κ1) is 22.6. The molecule has 3 fully saturated rings. The van der Waals surface area contributed by atoms with Crippen LogP contribution in [0.3, 0.4) is 0 Å². The van der Waals surface area contributed by atoms with Crippen LogP contribution in [-0.4, -0.2) is 11.7 Å². The lowest BCUT2D eigenvalue weighted by atomic mass is 9.47. The molecule has 0 bridgehead atoms. The van der Waals surface area contributed by atoms with E-state index < -0.39 is 0 Å². The zero-order valence-electron chi connectivity index (χ0n) is 20.6. The molecule has 4 aliphatic carbocycles. The third-order valence-electron chi connectivity index (χ3n) is 10.9. The highest BCUT2D eigenvalue weighted by Crippen LogP contribution is 2.67. The van der Waals surface area contributed by atoms with Crippen LogP contribution in [-0.2, 0) is 0 Å². The molecular formula is C29H48O. The van der Waals surface area contributed by atoms with Crippen LogP contribution in [0.15, 0.2) is 22.8 Å². The van der Waals surface area contributed by atoms with Gasteiger partial charge in [-0.3, -0.25) is 0 Å². The molecule has 4 aliphatic rings. The summed E-state index contributed by atoms with van der Waals surface area (Å²) < 4.78 is 0. The number of aliphatic hydroxyl groups is 1. The van der Waals surface area contributed by atoms with E-state index >= 15 is 0 Å². The van der Waals surface area contributed by atoms with Crippen LogP contribution in [0.4, 0.5) is 0 Å². The van der Waals surface area contributed by atoms with Crippen LogP contribution in [0.2, 0.25) is 0 Å². The fourth-order valence-electron chi connectivity index (χ4n) is 9.08. The summed E-state index contributed by atoms with van der Waals surface area (Å²) >= 11 is 0. The summed E-state index contributed by atoms with van der Waals surface area (Å²) in [7, 11) is 0. The van der Waals surface area contributed by atoms with E-state index in [-0.39, 0.29) is 6.61 Å². The van der Waals surface area contributed by atoms with E-state index in [2.05, 4.69) is 40.7 Å². The summed E-state index contributed by atoms with van der Waals surface area (Å²) in [6.45, 7) is 12.5. The van der Waals surface area contributed by atoms with Gasteiger partial charge in [-0.25, -0.2) is 0 Å². The maximum Gasteiger partial charge on any atom is 0.0641 e. The Balaban J connectivity index is 1.48. The van der Waals surface area contributed by atoms with Crippen molar-refractivity contribution in [3.63, 3.8) is 0 Å². The third kappa shape index (κ3) is 3.66. The van der Waals surface area contributed by atoms with Gasteiger partial charge in [-0.2, -0.15) is 0 Å². The molecule has 0 aromatic rings. The van der Waals surface area contributed by atoms with Gasteiger partial charge in [0.25, 0.3) is 0 Å². The van der Waals surface area contributed by atoms with E-state index in [1.54, 1.807) is 0 Å². The Morgan fingerprint density at radius 2 is 1.93 bits per heavy atom. The molecule has 0 radical (unpaired) electrons. The molecule has 30 heavy (non-hydrogen) atoms. The molecule has 4 rings (SSSR count). The lowest BCUT2D eigenvalue weighted by molar-refractivity contribution is -0.0498. The lowest BCUT2D eigenvalue weighted by Gasteiger charge is -2.58. The molecule has 0 amide bonds. The second-order valence-corrected chi connectivity index (χ2v) is 12.1. The number of hydrogen-bond acceptors (Lipinski definition) is 1. The molecule has 1 nitrogen and oxygen atoms in total. The molecule has 3 saturated carbocycles. The van der Waals surface area contributed by atoms with E-state index in [9.17, 15) is 5.11 Å². The quantitative estimate of drug-likeness (QED) is 0.437. The topological polar surface area (TPSA) is 20.2 Å². The SMILES string of the molecule is CCC(CC[C@@H](C)[C@H]1CC[C@H]2[C@@H]3CC=C4CCCC[C@]4(C)[C@H]3CC[C@]12C)=C(C)CO. The molecule has 0 aliphatic heterocycles. The number of hydrogen-bond donors (Lipinski definition) is 1. The molecule has 0 saturated heterocycles. The van der Waals surface area contributed by atoms with Crippen LogP contribution in [0.25, 0.3) is 0 Å². The van der Waals surface area contributed by atoms with E-state index in [0.29, 0.717) is 10.8 Å². The fraction of sp³-hybridized carbons (Fsp3) is 0.862. The summed E-state index contributed by atoms with van der Waals surface area (Å²) in [5.74, 6) is 4.59. The molecule has 1 N–H and O–H groups in total. The molecule has 0 aromatic heterocycles. The first-order valence-electron chi connectivity index (χ1n) is 13.3. The van der Waals surface area contributed by atoms with Crippen LogP contribution in [0.5, 0.6) is 0 Å². The van der Waals surface area contributed by atoms with Gasteiger partial charge in [0, 0.05) is 0 Å². The van der Waals surface area contributed by atoms with Crippen molar-refractivity contribution in [1.82, 2.24) is 0 Å². The normalized spacial score (nSPS) is 42.5. The van der Waals surface area contributed by atoms with Crippen molar-refractivity contribution in [2.45, 2.75) is 112 Å². The molecule has 0 heterocycles. The van der Waals surface area contributed by atoms with Crippen molar-refractivity contribution in [3.8, 4) is 0 Å². The molecule has 170 valence electrons. The van der Waals surface area contributed by atoms with Crippen LogP contribution in [0.1, 0.15) is 112 Å². The fourth-order valence-corrected chi connectivity index (χ4v) is 9.08. The van der Waals surface area contributed by atoms with Crippen molar-refractivity contribution in [2.24, 2.45) is 40.4 Å². The van der Waals surface area contributed by atoms with E-state index in [1.165, 1.54) is 81.8 Å². The standard InChI is InChI=1S/C29H48O/c1-6-22(21(3)19-30)11-10-20(2)25-14-15-26-24-13-12-23-9-7-8-17-28(23,4)27(24)16-18-29(25,26)5/h12,20,24-27,30H,6-11,13-19H2,1-5H3/t20-,24+,25-,26+,27+,28+,29-/m1/s1. The highest BCUT2D eigenvalue weighted by molar-refractivity contribution is 5.24. The predicted molar refractivity (Wildman–Crippen MR) is 128 cm³/mol. The summed E-state index contributed by atoms with van der Waals surface area (Å²) in [6, 6.07) is 0. The molecule has 7 atom stereocenters. The van der Waals surface area contributed by atoms with Gasteiger partial charge >= 0.3 is 0 Å². The Kier molecular flexibility index (Phi) is 6.61. The van der Waals surface area contributed by atoms with Crippen LogP contribution in [0, 0.1) is 40.4 Å². The number of rotatable bonds is 6. The Hall–Kier alpha value is -0.560. The second kappa shape index (κ2) is 8.76. The number of aliphatic hydroxyl groups excluding tert-OH is 1. The molecule has 1 heteroatoms. The van der Waals surface area contributed by atoms with Crippen molar-refractivity contribution < 1.29 is 5.11 Å². The van der Waals surface area contributed by atoms with E-state index in [0.717, 1.165) is 36.0 Å². The first-order valence-corrected chi connectivity index (χ1v) is 13.3. The van der Waals surface area contributed by atoms with Crippen molar-refractivity contribution in [3.05, 3.63) is 22.8 Å². The lowest BCUT2D eigenvalue weighted by Crippen LogP contribution is -2.50. The zero-order chi connectivity index (χ0) is 21.5. The second-order valence-electron chi connectivity index (χ2n) is 12.1. The van der Waals surface area contributed by atoms with Gasteiger partial charge in [-0.1, -0.05) is 51.3 Å². The average Bonchev–Trinajstić information content (AvgIpc) is 3.10. The Morgan fingerprint density at radius 3 is 2.67 bits per heavy atom. The van der Waals surface area contributed by atoms with Gasteiger partial charge in [-0.05, 0) is 124 Å².